The van der Waals surface area contributed by atoms with Crippen molar-refractivity contribution in [3.63, 3.8) is 0 Å². The Kier molecular flexibility index (Phi) is 4.95. The number of carbonyl (C=O) groups is 1. The van der Waals surface area contributed by atoms with Gasteiger partial charge in [-0.1, -0.05) is 30.5 Å². The largest absolute Gasteiger partial charge is 0.385 e. The molecule has 6 heteroatoms. The van der Waals surface area contributed by atoms with Crippen molar-refractivity contribution in [1.82, 2.24) is 9.88 Å². The molecule has 140 valence electrons. The minimum absolute atomic E-state index is 0.0700. The van der Waals surface area contributed by atoms with Crippen LogP contribution in [0, 0.1) is 5.92 Å². The van der Waals surface area contributed by atoms with E-state index in [9.17, 15) is 9.90 Å². The van der Waals surface area contributed by atoms with Gasteiger partial charge in [-0.05, 0) is 37.3 Å². The summed E-state index contributed by atoms with van der Waals surface area (Å²) in [4.78, 5) is 12.8. The van der Waals surface area contributed by atoms with Crippen molar-refractivity contribution in [2.75, 3.05) is 19.8 Å². The number of nitrogens with zero attached hydrogens (tertiary/aromatic N) is 1. The molecule has 1 aromatic heterocycles. The number of aryl methyl sites for hydroxylation is 1. The molecule has 1 saturated carbocycles. The van der Waals surface area contributed by atoms with E-state index in [4.69, 9.17) is 16.3 Å². The van der Waals surface area contributed by atoms with E-state index >= 15 is 0 Å². The molecule has 2 aromatic rings. The zero-order chi connectivity index (χ0) is 18.1. The molecule has 1 aliphatic carbocycles. The fourth-order valence-electron chi connectivity index (χ4n) is 4.02. The summed E-state index contributed by atoms with van der Waals surface area (Å²) in [6, 6.07) is 5.67. The number of fused-ring (bicyclic) bond motifs is 1. The van der Waals surface area contributed by atoms with Gasteiger partial charge < -0.3 is 19.7 Å². The molecule has 2 heterocycles. The zero-order valence-electron chi connectivity index (χ0n) is 14.8. The maximum Gasteiger partial charge on any atom is 0.253 e. The van der Waals surface area contributed by atoms with Crippen LogP contribution in [-0.2, 0) is 11.3 Å². The van der Waals surface area contributed by atoms with E-state index in [1.54, 1.807) is 0 Å². The van der Waals surface area contributed by atoms with Crippen LogP contribution in [0.5, 0.6) is 0 Å². The lowest BCUT2D eigenvalue weighted by Crippen LogP contribution is -2.50. The van der Waals surface area contributed by atoms with Gasteiger partial charge >= 0.3 is 0 Å². The first-order chi connectivity index (χ1) is 12.6. The summed E-state index contributed by atoms with van der Waals surface area (Å²) >= 11 is 6.41. The highest BCUT2D eigenvalue weighted by molar-refractivity contribution is 6.36. The molecule has 1 saturated heterocycles. The second-order valence-electron chi connectivity index (χ2n) is 7.70. The highest BCUT2D eigenvalue weighted by atomic mass is 35.5. The van der Waals surface area contributed by atoms with E-state index in [0.29, 0.717) is 42.7 Å². The van der Waals surface area contributed by atoms with Gasteiger partial charge in [0.05, 0.1) is 29.3 Å². The van der Waals surface area contributed by atoms with E-state index in [1.165, 1.54) is 25.7 Å². The highest BCUT2D eigenvalue weighted by Crippen LogP contribution is 2.31. The lowest BCUT2D eigenvalue weighted by molar-refractivity contribution is -0.182. The van der Waals surface area contributed by atoms with Crippen molar-refractivity contribution < 1.29 is 14.6 Å². The number of aliphatic hydroxyl groups is 1. The molecular formula is C20H25ClN2O3. The Morgan fingerprint density at radius 2 is 2.12 bits per heavy atom. The number of amides is 1. The van der Waals surface area contributed by atoms with Crippen LogP contribution in [0.4, 0.5) is 0 Å². The molecule has 0 atom stereocenters. The summed E-state index contributed by atoms with van der Waals surface area (Å²) < 4.78 is 7.13. The smallest absolute Gasteiger partial charge is 0.253 e. The minimum atomic E-state index is -0.750. The van der Waals surface area contributed by atoms with Crippen molar-refractivity contribution in [2.45, 2.75) is 44.2 Å². The molecule has 2 N–H and O–H groups in total. The Morgan fingerprint density at radius 3 is 2.81 bits per heavy atom. The summed E-state index contributed by atoms with van der Waals surface area (Å²) in [7, 11) is 0. The number of halogens is 1. The van der Waals surface area contributed by atoms with Gasteiger partial charge in [0.2, 0.25) is 0 Å². The topological polar surface area (TPSA) is 63.5 Å². The van der Waals surface area contributed by atoms with Crippen LogP contribution in [-0.4, -0.2) is 40.9 Å². The monoisotopic (exact) mass is 376 g/mol. The lowest BCUT2D eigenvalue weighted by atomic mass is 9.98. The van der Waals surface area contributed by atoms with Crippen LogP contribution in [0.15, 0.2) is 24.4 Å². The Balaban J connectivity index is 1.55. The van der Waals surface area contributed by atoms with Crippen molar-refractivity contribution >= 4 is 28.4 Å². The van der Waals surface area contributed by atoms with E-state index in [1.807, 2.05) is 29.0 Å². The predicted molar refractivity (Wildman–Crippen MR) is 102 cm³/mol. The van der Waals surface area contributed by atoms with Gasteiger partial charge in [0.25, 0.3) is 5.91 Å². The molecule has 0 spiro atoms. The second kappa shape index (κ2) is 7.22. The summed E-state index contributed by atoms with van der Waals surface area (Å²) in [6.07, 6.45) is 7.37. The molecule has 0 radical (unpaired) electrons. The quantitative estimate of drug-likeness (QED) is 0.812. The first-order valence-corrected chi connectivity index (χ1v) is 9.79. The maximum atomic E-state index is 12.8. The zero-order valence-corrected chi connectivity index (χ0v) is 15.6. The average Bonchev–Trinajstić information content (AvgIpc) is 3.25. The van der Waals surface area contributed by atoms with Crippen LogP contribution < -0.4 is 5.32 Å². The summed E-state index contributed by atoms with van der Waals surface area (Å²) in [6.45, 7) is 2.10. The summed E-state index contributed by atoms with van der Waals surface area (Å²) in [5.74, 6) is 0.523. The van der Waals surface area contributed by atoms with Gasteiger partial charge in [0, 0.05) is 24.7 Å². The Labute approximate surface area is 158 Å². The van der Waals surface area contributed by atoms with E-state index in [2.05, 4.69) is 5.32 Å². The molecule has 26 heavy (non-hydrogen) atoms. The third kappa shape index (κ3) is 3.48. The molecule has 0 bridgehead atoms. The van der Waals surface area contributed by atoms with Gasteiger partial charge in [0.1, 0.15) is 5.60 Å². The maximum absolute atomic E-state index is 12.8. The molecule has 4 rings (SSSR count). The van der Waals surface area contributed by atoms with E-state index in [0.717, 1.165) is 17.4 Å². The highest BCUT2D eigenvalue weighted by Gasteiger charge is 2.35. The Bertz CT molecular complexity index is 807. The van der Waals surface area contributed by atoms with Crippen LogP contribution >= 0.6 is 11.6 Å². The van der Waals surface area contributed by atoms with Gasteiger partial charge in [-0.3, -0.25) is 4.79 Å². The fraction of sp³-hybridized carbons (Fsp3) is 0.550. The Hall–Kier alpha value is -1.56. The molecule has 1 aliphatic heterocycles. The standard InChI is InChI=1S/C20H25ClN2O3/c21-16-6-3-7-17-18(16)15(19(24)22-10-14-4-1-2-5-14)11-23(17)9-8-20(25)12-26-13-20/h3,6-7,11,14,25H,1-2,4-5,8-10,12-13H2,(H,22,24). The van der Waals surface area contributed by atoms with Crippen LogP contribution in [0.1, 0.15) is 42.5 Å². The van der Waals surface area contributed by atoms with Crippen LogP contribution in [0.25, 0.3) is 10.9 Å². The van der Waals surface area contributed by atoms with Gasteiger partial charge in [0.15, 0.2) is 0 Å². The first-order valence-electron chi connectivity index (χ1n) is 9.41. The second-order valence-corrected chi connectivity index (χ2v) is 8.10. The SMILES string of the molecule is O=C(NCC1CCCC1)c1cn(CCC2(O)COC2)c2cccc(Cl)c12. The van der Waals surface area contributed by atoms with Crippen LogP contribution in [0.3, 0.4) is 0 Å². The summed E-state index contributed by atoms with van der Waals surface area (Å²) in [5.41, 5.74) is 0.785. The number of benzene rings is 1. The number of aromatic nitrogens is 1. The average molecular weight is 377 g/mol. The third-order valence-corrected chi connectivity index (χ3v) is 6.00. The van der Waals surface area contributed by atoms with Crippen LogP contribution in [0.2, 0.25) is 5.02 Å². The molecule has 2 aliphatic rings. The third-order valence-electron chi connectivity index (χ3n) is 5.69. The number of ether oxygens (including phenoxy) is 1. The van der Waals surface area contributed by atoms with Gasteiger partial charge in [-0.25, -0.2) is 0 Å². The van der Waals surface area contributed by atoms with Crippen molar-refractivity contribution in [2.24, 2.45) is 5.92 Å². The Morgan fingerprint density at radius 1 is 1.35 bits per heavy atom. The fourth-order valence-corrected chi connectivity index (χ4v) is 4.29. The number of hydrogen-bond acceptors (Lipinski definition) is 3. The van der Waals surface area contributed by atoms with E-state index < -0.39 is 5.60 Å². The predicted octanol–water partition coefficient (Wildman–Crippen LogP) is 3.37. The number of nitrogens with one attached hydrogen (secondary N) is 1. The normalized spacial score (nSPS) is 19.6. The molecule has 2 fully saturated rings. The van der Waals surface area contributed by atoms with E-state index in [-0.39, 0.29) is 5.91 Å². The van der Waals surface area contributed by atoms with Crippen molar-refractivity contribution in [3.05, 3.63) is 35.0 Å². The van der Waals surface area contributed by atoms with Gasteiger partial charge in [-0.2, -0.15) is 0 Å². The minimum Gasteiger partial charge on any atom is -0.385 e. The first kappa shape index (κ1) is 17.8. The van der Waals surface area contributed by atoms with Gasteiger partial charge in [-0.15, -0.1) is 0 Å². The lowest BCUT2D eigenvalue weighted by Gasteiger charge is -2.36. The van der Waals surface area contributed by atoms with Crippen molar-refractivity contribution in [1.29, 1.82) is 0 Å². The molecule has 1 aromatic carbocycles. The summed E-state index contributed by atoms with van der Waals surface area (Å²) in [5, 5.41) is 14.7. The molecular weight excluding hydrogens is 352 g/mol. The van der Waals surface area contributed by atoms with Crippen molar-refractivity contribution in [3.8, 4) is 0 Å². The molecule has 1 amide bonds. The number of hydrogen-bond donors (Lipinski definition) is 2. The number of rotatable bonds is 6. The molecule has 5 nitrogen and oxygen atoms in total. The number of carbonyl (C=O) groups excluding carboxylic acids is 1. The molecule has 0 unspecified atom stereocenters.